The van der Waals surface area contributed by atoms with Gasteiger partial charge in [0.25, 0.3) is 0 Å². The van der Waals surface area contributed by atoms with E-state index in [0.717, 1.165) is 12.8 Å². The number of hydrogen-bond donors (Lipinski definition) is 2. The molecule has 1 saturated carbocycles. The van der Waals surface area contributed by atoms with E-state index >= 15 is 0 Å². The first-order valence-electron chi connectivity index (χ1n) is 6.95. The third-order valence-corrected chi connectivity index (χ3v) is 3.91. The van der Waals surface area contributed by atoms with Crippen LogP contribution in [0.2, 0.25) is 0 Å². The van der Waals surface area contributed by atoms with Crippen molar-refractivity contribution in [3.05, 3.63) is 0 Å². The van der Waals surface area contributed by atoms with Crippen LogP contribution in [-0.4, -0.2) is 60.4 Å². The SMILES string of the molecule is CC1COC(CO)CN1CC(=O)NC1CCCC1. The number of amides is 1. The Morgan fingerprint density at radius 1 is 1.44 bits per heavy atom. The molecule has 104 valence electrons. The van der Waals surface area contributed by atoms with Crippen molar-refractivity contribution in [3.63, 3.8) is 0 Å². The van der Waals surface area contributed by atoms with E-state index in [0.29, 0.717) is 25.7 Å². The van der Waals surface area contributed by atoms with Gasteiger partial charge in [-0.3, -0.25) is 9.69 Å². The molecule has 2 fully saturated rings. The molecule has 1 heterocycles. The summed E-state index contributed by atoms with van der Waals surface area (Å²) < 4.78 is 5.46. The maximum absolute atomic E-state index is 12.0. The molecule has 2 atom stereocenters. The third kappa shape index (κ3) is 3.67. The van der Waals surface area contributed by atoms with Crippen LogP contribution in [0.1, 0.15) is 32.6 Å². The predicted molar refractivity (Wildman–Crippen MR) is 68.3 cm³/mol. The number of aliphatic hydroxyl groups excluding tert-OH is 1. The van der Waals surface area contributed by atoms with Crippen LogP contribution in [0.4, 0.5) is 0 Å². The maximum atomic E-state index is 12.0. The molecule has 1 saturated heterocycles. The lowest BCUT2D eigenvalue weighted by Crippen LogP contribution is -2.53. The predicted octanol–water partition coefficient (Wildman–Crippen LogP) is 0.127. The quantitative estimate of drug-likeness (QED) is 0.750. The Bertz CT molecular complexity index is 279. The highest BCUT2D eigenvalue weighted by atomic mass is 16.5. The fourth-order valence-electron chi connectivity index (χ4n) is 2.73. The van der Waals surface area contributed by atoms with Gasteiger partial charge in [-0.2, -0.15) is 0 Å². The number of carbonyl (C=O) groups excluding carboxylic acids is 1. The number of nitrogens with one attached hydrogen (secondary N) is 1. The Morgan fingerprint density at radius 2 is 2.17 bits per heavy atom. The largest absolute Gasteiger partial charge is 0.394 e. The average Bonchev–Trinajstić information content (AvgIpc) is 2.84. The van der Waals surface area contributed by atoms with Gasteiger partial charge in [0.2, 0.25) is 5.91 Å². The van der Waals surface area contributed by atoms with Crippen molar-refractivity contribution in [1.82, 2.24) is 10.2 Å². The van der Waals surface area contributed by atoms with E-state index in [4.69, 9.17) is 9.84 Å². The van der Waals surface area contributed by atoms with E-state index in [1.807, 2.05) is 0 Å². The average molecular weight is 256 g/mol. The minimum absolute atomic E-state index is 0.0213. The van der Waals surface area contributed by atoms with Gasteiger partial charge in [0.15, 0.2) is 0 Å². The smallest absolute Gasteiger partial charge is 0.234 e. The topological polar surface area (TPSA) is 61.8 Å². The first kappa shape index (κ1) is 13.8. The van der Waals surface area contributed by atoms with Gasteiger partial charge < -0.3 is 15.2 Å². The molecule has 2 rings (SSSR count). The Balaban J connectivity index is 1.77. The molecule has 0 aromatic heterocycles. The maximum Gasteiger partial charge on any atom is 0.234 e. The monoisotopic (exact) mass is 256 g/mol. The van der Waals surface area contributed by atoms with Crippen LogP contribution < -0.4 is 5.32 Å². The molecular formula is C13H24N2O3. The Hall–Kier alpha value is -0.650. The minimum Gasteiger partial charge on any atom is -0.394 e. The number of carbonyl (C=O) groups is 1. The second-order valence-corrected chi connectivity index (χ2v) is 5.47. The van der Waals surface area contributed by atoms with Crippen molar-refractivity contribution in [1.29, 1.82) is 0 Å². The zero-order valence-corrected chi connectivity index (χ0v) is 11.1. The molecule has 5 heteroatoms. The van der Waals surface area contributed by atoms with Crippen LogP contribution in [0.3, 0.4) is 0 Å². The van der Waals surface area contributed by atoms with E-state index in [1.165, 1.54) is 12.8 Å². The molecule has 0 bridgehead atoms. The number of ether oxygens (including phenoxy) is 1. The van der Waals surface area contributed by atoms with Gasteiger partial charge in [0.05, 0.1) is 25.9 Å². The summed E-state index contributed by atoms with van der Waals surface area (Å²) >= 11 is 0. The highest BCUT2D eigenvalue weighted by Gasteiger charge is 2.27. The summed E-state index contributed by atoms with van der Waals surface area (Å²) in [6, 6.07) is 0.615. The molecule has 2 aliphatic rings. The molecule has 2 N–H and O–H groups in total. The Kier molecular flexibility index (Phi) is 4.97. The molecular weight excluding hydrogens is 232 g/mol. The van der Waals surface area contributed by atoms with Crippen LogP contribution in [-0.2, 0) is 9.53 Å². The van der Waals surface area contributed by atoms with Gasteiger partial charge >= 0.3 is 0 Å². The van der Waals surface area contributed by atoms with Gasteiger partial charge in [-0.15, -0.1) is 0 Å². The van der Waals surface area contributed by atoms with Gasteiger partial charge in [-0.1, -0.05) is 12.8 Å². The summed E-state index contributed by atoms with van der Waals surface area (Å²) in [7, 11) is 0. The number of nitrogens with zero attached hydrogens (tertiary/aromatic N) is 1. The van der Waals surface area contributed by atoms with Crippen molar-refractivity contribution < 1.29 is 14.6 Å². The molecule has 0 aromatic rings. The normalized spacial score (nSPS) is 30.6. The molecule has 5 nitrogen and oxygen atoms in total. The van der Waals surface area contributed by atoms with Crippen molar-refractivity contribution in [3.8, 4) is 0 Å². The summed E-state index contributed by atoms with van der Waals surface area (Å²) in [4.78, 5) is 14.0. The van der Waals surface area contributed by atoms with E-state index in [1.54, 1.807) is 0 Å². The summed E-state index contributed by atoms with van der Waals surface area (Å²) in [5.74, 6) is 0.104. The van der Waals surface area contributed by atoms with Crippen LogP contribution in [0.15, 0.2) is 0 Å². The Labute approximate surface area is 108 Å². The summed E-state index contributed by atoms with van der Waals surface area (Å²) in [6.07, 6.45) is 4.53. The molecule has 0 aromatic carbocycles. The van der Waals surface area contributed by atoms with Crippen molar-refractivity contribution in [2.75, 3.05) is 26.3 Å². The minimum atomic E-state index is -0.152. The van der Waals surface area contributed by atoms with Crippen LogP contribution in [0, 0.1) is 0 Å². The zero-order chi connectivity index (χ0) is 13.0. The lowest BCUT2D eigenvalue weighted by Gasteiger charge is -2.37. The lowest BCUT2D eigenvalue weighted by atomic mass is 10.2. The van der Waals surface area contributed by atoms with Crippen molar-refractivity contribution in [2.24, 2.45) is 0 Å². The first-order chi connectivity index (χ1) is 8.69. The van der Waals surface area contributed by atoms with Crippen molar-refractivity contribution in [2.45, 2.75) is 50.8 Å². The summed E-state index contributed by atoms with van der Waals surface area (Å²) in [5.41, 5.74) is 0. The molecule has 0 spiro atoms. The molecule has 2 unspecified atom stereocenters. The number of aliphatic hydroxyl groups is 1. The number of morpholine rings is 1. The molecule has 18 heavy (non-hydrogen) atoms. The zero-order valence-electron chi connectivity index (χ0n) is 11.1. The van der Waals surface area contributed by atoms with Gasteiger partial charge in [0.1, 0.15) is 0 Å². The fraction of sp³-hybridized carbons (Fsp3) is 0.923. The van der Waals surface area contributed by atoms with Gasteiger partial charge in [-0.05, 0) is 19.8 Å². The van der Waals surface area contributed by atoms with Gasteiger partial charge in [-0.25, -0.2) is 0 Å². The number of hydrogen-bond acceptors (Lipinski definition) is 4. The second-order valence-electron chi connectivity index (χ2n) is 5.47. The first-order valence-corrected chi connectivity index (χ1v) is 6.95. The van der Waals surface area contributed by atoms with E-state index < -0.39 is 0 Å². The highest BCUT2D eigenvalue weighted by molar-refractivity contribution is 5.78. The van der Waals surface area contributed by atoms with Crippen LogP contribution in [0.5, 0.6) is 0 Å². The highest BCUT2D eigenvalue weighted by Crippen LogP contribution is 2.17. The van der Waals surface area contributed by atoms with E-state index in [9.17, 15) is 4.79 Å². The molecule has 1 aliphatic heterocycles. The standard InChI is InChI=1S/C13H24N2O3/c1-10-9-18-12(8-16)6-15(10)7-13(17)14-11-4-2-3-5-11/h10-12,16H,2-9H2,1H3,(H,14,17). The van der Waals surface area contributed by atoms with E-state index in [-0.39, 0.29) is 24.7 Å². The fourth-order valence-corrected chi connectivity index (χ4v) is 2.73. The van der Waals surface area contributed by atoms with E-state index in [2.05, 4.69) is 17.1 Å². The Morgan fingerprint density at radius 3 is 2.83 bits per heavy atom. The molecule has 1 aliphatic carbocycles. The van der Waals surface area contributed by atoms with Crippen molar-refractivity contribution >= 4 is 5.91 Å². The van der Waals surface area contributed by atoms with Crippen LogP contribution in [0.25, 0.3) is 0 Å². The summed E-state index contributed by atoms with van der Waals surface area (Å²) in [5, 5.41) is 12.2. The van der Waals surface area contributed by atoms with Gasteiger partial charge in [0, 0.05) is 18.6 Å². The lowest BCUT2D eigenvalue weighted by molar-refractivity contribution is -0.128. The second kappa shape index (κ2) is 6.50. The molecule has 0 radical (unpaired) electrons. The molecule has 1 amide bonds. The van der Waals surface area contributed by atoms with Crippen LogP contribution >= 0.6 is 0 Å². The third-order valence-electron chi connectivity index (χ3n) is 3.91. The summed E-state index contributed by atoms with van der Waals surface area (Å²) in [6.45, 7) is 3.71. The number of rotatable bonds is 4.